The van der Waals surface area contributed by atoms with Gasteiger partial charge in [0.05, 0.1) is 27.8 Å². The molecule has 0 unspecified atom stereocenters. The summed E-state index contributed by atoms with van der Waals surface area (Å²) in [7, 11) is 0. The fraction of sp³-hybridized carbons (Fsp3) is 0. The molecule has 3 nitrogen and oxygen atoms in total. The molecule has 9 aromatic carbocycles. The molecule has 0 fully saturated rings. The topological polar surface area (TPSA) is 23.0 Å². The first-order valence-corrected chi connectivity index (χ1v) is 18.8. The maximum atomic E-state index is 6.33. The van der Waals surface area contributed by atoms with E-state index in [9.17, 15) is 0 Å². The van der Waals surface area contributed by atoms with Crippen LogP contribution in [0, 0.1) is 0 Å². The molecular formula is C52H32N2O. The number of hydrogen-bond acceptors (Lipinski definition) is 1. The summed E-state index contributed by atoms with van der Waals surface area (Å²) < 4.78 is 11.2. The van der Waals surface area contributed by atoms with Crippen LogP contribution in [0.5, 0.6) is 0 Å². The highest BCUT2D eigenvalue weighted by atomic mass is 16.3. The van der Waals surface area contributed by atoms with Gasteiger partial charge in [-0.2, -0.15) is 0 Å². The molecule has 0 amide bonds. The SMILES string of the molecule is c1ccc(-n2c3ccccc3c3cc(-c4ccc5c(c4)c4ccccc4n5-c4cc(-c5ccc6c(c5)oc5ccccc56)cc5ccccc45)ccc32)cc1. The summed E-state index contributed by atoms with van der Waals surface area (Å²) in [4.78, 5) is 0. The molecule has 3 heterocycles. The number of benzene rings is 9. The molecular weight excluding hydrogens is 669 g/mol. The predicted octanol–water partition coefficient (Wildman–Crippen LogP) is 14.3. The standard InChI is InChI=1S/C52H32N2O/c1-2-13-38(14-3-1)53-46-19-9-6-16-40(46)44-29-33(23-26-48(44)53)34-24-27-49-45(30-34)41-17-7-10-20-47(41)54(49)50-31-37(28-36-12-4-5-15-39(36)50)35-22-25-43-42-18-8-11-21-51(42)55-52(43)32-35/h1-32H. The Balaban J connectivity index is 1.05. The lowest BCUT2D eigenvalue weighted by Crippen LogP contribution is -1.96. The minimum absolute atomic E-state index is 0.903. The van der Waals surface area contributed by atoms with E-state index in [1.807, 2.05) is 12.1 Å². The number of nitrogens with zero attached hydrogens (tertiary/aromatic N) is 2. The zero-order chi connectivity index (χ0) is 36.0. The fourth-order valence-electron chi connectivity index (χ4n) is 8.97. The van der Waals surface area contributed by atoms with Crippen molar-refractivity contribution in [3.05, 3.63) is 194 Å². The lowest BCUT2D eigenvalue weighted by atomic mass is 9.98. The number of fused-ring (bicyclic) bond motifs is 10. The monoisotopic (exact) mass is 700 g/mol. The number of hydrogen-bond donors (Lipinski definition) is 0. The summed E-state index contributed by atoms with van der Waals surface area (Å²) in [6.07, 6.45) is 0. The van der Waals surface area contributed by atoms with Gasteiger partial charge in [0, 0.05) is 43.4 Å². The van der Waals surface area contributed by atoms with E-state index in [1.165, 1.54) is 71.2 Å². The lowest BCUT2D eigenvalue weighted by molar-refractivity contribution is 0.669. The minimum atomic E-state index is 0.903. The van der Waals surface area contributed by atoms with E-state index in [0.29, 0.717) is 0 Å². The van der Waals surface area contributed by atoms with Crippen LogP contribution in [-0.4, -0.2) is 9.13 Å². The van der Waals surface area contributed by atoms with Gasteiger partial charge in [0.2, 0.25) is 0 Å². The average molecular weight is 701 g/mol. The Labute approximate surface area is 316 Å². The molecule has 0 aliphatic rings. The first-order chi connectivity index (χ1) is 27.3. The van der Waals surface area contributed by atoms with Crippen molar-refractivity contribution in [3.8, 4) is 33.6 Å². The zero-order valence-electron chi connectivity index (χ0n) is 29.8. The van der Waals surface area contributed by atoms with Crippen LogP contribution in [0.3, 0.4) is 0 Å². The van der Waals surface area contributed by atoms with Crippen molar-refractivity contribution in [1.82, 2.24) is 9.13 Å². The highest BCUT2D eigenvalue weighted by molar-refractivity contribution is 6.14. The third-order valence-electron chi connectivity index (χ3n) is 11.5. The van der Waals surface area contributed by atoms with E-state index in [2.05, 4.69) is 191 Å². The van der Waals surface area contributed by atoms with Crippen molar-refractivity contribution in [2.24, 2.45) is 0 Å². The number of rotatable bonds is 4. The Hall–Kier alpha value is -7.36. The summed E-state index contributed by atoms with van der Waals surface area (Å²) in [5, 5.41) is 9.67. The molecule has 0 spiro atoms. The Morgan fingerprint density at radius 3 is 1.56 bits per heavy atom. The molecule has 55 heavy (non-hydrogen) atoms. The van der Waals surface area contributed by atoms with Crippen LogP contribution in [0.1, 0.15) is 0 Å². The Morgan fingerprint density at radius 2 is 0.818 bits per heavy atom. The lowest BCUT2D eigenvalue weighted by Gasteiger charge is -2.15. The third kappa shape index (κ3) is 4.50. The van der Waals surface area contributed by atoms with Crippen LogP contribution in [0.25, 0.3) is 110 Å². The van der Waals surface area contributed by atoms with Gasteiger partial charge in [0.1, 0.15) is 11.2 Å². The summed E-state index contributed by atoms with van der Waals surface area (Å²) in [5.74, 6) is 0. The largest absolute Gasteiger partial charge is 0.456 e. The molecule has 0 aliphatic carbocycles. The molecule has 0 saturated heterocycles. The van der Waals surface area contributed by atoms with Crippen molar-refractivity contribution in [3.63, 3.8) is 0 Å². The van der Waals surface area contributed by atoms with Crippen molar-refractivity contribution in [1.29, 1.82) is 0 Å². The number of furan rings is 1. The molecule has 3 aromatic heterocycles. The first kappa shape index (κ1) is 30.1. The van der Waals surface area contributed by atoms with Gasteiger partial charge < -0.3 is 13.6 Å². The quantitative estimate of drug-likeness (QED) is 0.179. The van der Waals surface area contributed by atoms with Gasteiger partial charge >= 0.3 is 0 Å². The van der Waals surface area contributed by atoms with Crippen molar-refractivity contribution in [2.75, 3.05) is 0 Å². The third-order valence-corrected chi connectivity index (χ3v) is 11.5. The maximum absolute atomic E-state index is 6.33. The average Bonchev–Trinajstić information content (AvgIpc) is 3.90. The van der Waals surface area contributed by atoms with Gasteiger partial charge in [-0.1, -0.05) is 115 Å². The second kappa shape index (κ2) is 11.6. The highest BCUT2D eigenvalue weighted by Gasteiger charge is 2.18. The summed E-state index contributed by atoms with van der Waals surface area (Å²) >= 11 is 0. The van der Waals surface area contributed by atoms with Gasteiger partial charge in [-0.15, -0.1) is 0 Å². The van der Waals surface area contributed by atoms with Gasteiger partial charge in [-0.25, -0.2) is 0 Å². The van der Waals surface area contributed by atoms with Gasteiger partial charge in [0.15, 0.2) is 0 Å². The zero-order valence-corrected chi connectivity index (χ0v) is 29.8. The normalized spacial score (nSPS) is 12.0. The smallest absolute Gasteiger partial charge is 0.136 e. The molecule has 3 heteroatoms. The second-order valence-electron chi connectivity index (χ2n) is 14.5. The molecule has 0 radical (unpaired) electrons. The fourth-order valence-corrected chi connectivity index (χ4v) is 8.97. The van der Waals surface area contributed by atoms with Gasteiger partial charge in [0.25, 0.3) is 0 Å². The van der Waals surface area contributed by atoms with Crippen molar-refractivity contribution >= 4 is 76.3 Å². The summed E-state index contributed by atoms with van der Waals surface area (Å²) in [5.41, 5.74) is 13.6. The van der Waals surface area contributed by atoms with Crippen LogP contribution < -0.4 is 0 Å². The molecule has 0 aliphatic heterocycles. The number of aromatic nitrogens is 2. The van der Waals surface area contributed by atoms with Crippen LogP contribution in [-0.2, 0) is 0 Å². The van der Waals surface area contributed by atoms with Gasteiger partial charge in [-0.3, -0.25) is 0 Å². The minimum Gasteiger partial charge on any atom is -0.456 e. The van der Waals surface area contributed by atoms with Crippen LogP contribution in [0.4, 0.5) is 0 Å². The Kier molecular flexibility index (Phi) is 6.34. The van der Waals surface area contributed by atoms with Crippen LogP contribution >= 0.6 is 0 Å². The van der Waals surface area contributed by atoms with E-state index in [0.717, 1.165) is 38.8 Å². The molecule has 0 N–H and O–H groups in total. The molecule has 0 atom stereocenters. The van der Waals surface area contributed by atoms with E-state index < -0.39 is 0 Å². The predicted molar refractivity (Wildman–Crippen MR) is 231 cm³/mol. The molecule has 12 aromatic rings. The first-order valence-electron chi connectivity index (χ1n) is 18.8. The molecule has 256 valence electrons. The summed E-state index contributed by atoms with van der Waals surface area (Å²) in [6.45, 7) is 0. The Morgan fingerprint density at radius 1 is 0.291 bits per heavy atom. The van der Waals surface area contributed by atoms with Crippen molar-refractivity contribution < 1.29 is 4.42 Å². The molecule has 0 bridgehead atoms. The van der Waals surface area contributed by atoms with Crippen LogP contribution in [0.15, 0.2) is 199 Å². The van der Waals surface area contributed by atoms with E-state index in [4.69, 9.17) is 4.42 Å². The molecule has 0 saturated carbocycles. The summed E-state index contributed by atoms with van der Waals surface area (Å²) in [6, 6.07) is 70.4. The maximum Gasteiger partial charge on any atom is 0.136 e. The van der Waals surface area contributed by atoms with Crippen molar-refractivity contribution in [2.45, 2.75) is 0 Å². The Bertz CT molecular complexity index is 3490. The van der Waals surface area contributed by atoms with E-state index >= 15 is 0 Å². The number of para-hydroxylation sites is 4. The van der Waals surface area contributed by atoms with Gasteiger partial charge in [-0.05, 0) is 107 Å². The molecule has 12 rings (SSSR count). The van der Waals surface area contributed by atoms with Crippen LogP contribution in [0.2, 0.25) is 0 Å². The van der Waals surface area contributed by atoms with E-state index in [-0.39, 0.29) is 0 Å². The van der Waals surface area contributed by atoms with E-state index in [1.54, 1.807) is 0 Å². The second-order valence-corrected chi connectivity index (χ2v) is 14.5. The highest BCUT2D eigenvalue weighted by Crippen LogP contribution is 2.41.